The van der Waals surface area contributed by atoms with Crippen LogP contribution in [-0.2, 0) is 23.4 Å². The Morgan fingerprint density at radius 3 is 2.89 bits per heavy atom. The van der Waals surface area contributed by atoms with Crippen molar-refractivity contribution in [2.75, 3.05) is 50.1 Å². The van der Waals surface area contributed by atoms with Crippen LogP contribution < -0.4 is 15.4 Å². The molecule has 10 nitrogen and oxygen atoms in total. The molecular formula is C26H29N4O6P. The second kappa shape index (κ2) is 12.2. The van der Waals surface area contributed by atoms with Crippen LogP contribution in [0.4, 0.5) is 17.2 Å². The Hall–Kier alpha value is -3.48. The molecule has 194 valence electrons. The van der Waals surface area contributed by atoms with Crippen molar-refractivity contribution in [3.05, 3.63) is 48.3 Å². The number of methoxy groups -OCH3 is 1. The van der Waals surface area contributed by atoms with E-state index < -0.39 is 13.3 Å². The van der Waals surface area contributed by atoms with Crippen LogP contribution in [0.3, 0.4) is 0 Å². The highest BCUT2D eigenvalue weighted by Gasteiger charge is 2.28. The average molecular weight is 525 g/mol. The van der Waals surface area contributed by atoms with Crippen molar-refractivity contribution in [2.45, 2.75) is 19.4 Å². The molecule has 2 unspecified atom stereocenters. The quantitative estimate of drug-likeness (QED) is 0.278. The number of amides is 1. The zero-order chi connectivity index (χ0) is 26.3. The van der Waals surface area contributed by atoms with Gasteiger partial charge in [0.15, 0.2) is 0 Å². The van der Waals surface area contributed by atoms with E-state index in [-0.39, 0.29) is 25.2 Å². The van der Waals surface area contributed by atoms with E-state index in [1.807, 2.05) is 24.3 Å². The number of terminal acetylenes is 1. The normalized spacial score (nSPS) is 16.6. The fraction of sp³-hybridized carbons (Fsp3) is 0.346. The van der Waals surface area contributed by atoms with E-state index in [1.54, 1.807) is 19.1 Å². The van der Waals surface area contributed by atoms with Gasteiger partial charge >= 0.3 is 0 Å². The molecule has 2 heterocycles. The first-order valence-corrected chi connectivity index (χ1v) is 13.8. The largest absolute Gasteiger partial charge is 0.486 e. The molecule has 1 aliphatic heterocycles. The van der Waals surface area contributed by atoms with E-state index in [0.717, 1.165) is 17.7 Å². The highest BCUT2D eigenvalue weighted by atomic mass is 31.2. The highest BCUT2D eigenvalue weighted by molar-refractivity contribution is 7.59. The number of hydrogen-bond acceptors (Lipinski definition) is 9. The fourth-order valence-corrected chi connectivity index (χ4v) is 5.59. The Labute approximate surface area is 215 Å². The SMILES string of the molecule is C#Cc1cccc(Nc2ncnc3cc(OC4CCOC4)c(NC(=O)CP(=O)(COC)OCC)cc23)c1. The van der Waals surface area contributed by atoms with Gasteiger partial charge in [-0.1, -0.05) is 12.0 Å². The number of aromatic nitrogens is 2. The summed E-state index contributed by atoms with van der Waals surface area (Å²) in [4.78, 5) is 21.8. The molecular weight excluding hydrogens is 495 g/mol. The number of hydrogen-bond donors (Lipinski definition) is 2. The molecule has 11 heteroatoms. The van der Waals surface area contributed by atoms with Gasteiger partial charge in [0, 0.05) is 36.2 Å². The molecule has 2 atom stereocenters. The summed E-state index contributed by atoms with van der Waals surface area (Å²) in [7, 11) is -1.90. The molecule has 0 bridgehead atoms. The lowest BCUT2D eigenvalue weighted by Crippen LogP contribution is -2.21. The van der Waals surface area contributed by atoms with Gasteiger partial charge in [-0.05, 0) is 31.2 Å². The molecule has 2 N–H and O–H groups in total. The molecule has 37 heavy (non-hydrogen) atoms. The third-order valence-corrected chi connectivity index (χ3v) is 7.71. The van der Waals surface area contributed by atoms with Crippen molar-refractivity contribution in [3.63, 3.8) is 0 Å². The Balaban J connectivity index is 1.68. The third-order valence-electron chi connectivity index (χ3n) is 5.56. The van der Waals surface area contributed by atoms with Crippen molar-refractivity contribution in [2.24, 2.45) is 0 Å². The van der Waals surface area contributed by atoms with Gasteiger partial charge in [-0.15, -0.1) is 6.42 Å². The van der Waals surface area contributed by atoms with Crippen LogP contribution in [0.2, 0.25) is 0 Å². The number of anilines is 3. The zero-order valence-corrected chi connectivity index (χ0v) is 21.6. The van der Waals surface area contributed by atoms with Crippen LogP contribution in [0.5, 0.6) is 5.75 Å². The minimum absolute atomic E-state index is 0.159. The second-order valence-corrected chi connectivity index (χ2v) is 10.9. The van der Waals surface area contributed by atoms with Crippen LogP contribution >= 0.6 is 7.37 Å². The Kier molecular flexibility index (Phi) is 8.74. The maximum Gasteiger partial charge on any atom is 0.237 e. The molecule has 1 saturated heterocycles. The first-order chi connectivity index (χ1) is 17.9. The number of nitrogens with zero attached hydrogens (tertiary/aromatic N) is 2. The van der Waals surface area contributed by atoms with E-state index in [2.05, 4.69) is 26.5 Å². The molecule has 0 radical (unpaired) electrons. The maximum absolute atomic E-state index is 13.0. The van der Waals surface area contributed by atoms with Crippen molar-refractivity contribution in [1.29, 1.82) is 0 Å². The monoisotopic (exact) mass is 524 g/mol. The minimum atomic E-state index is -3.32. The Bertz CT molecular complexity index is 1340. The summed E-state index contributed by atoms with van der Waals surface area (Å²) in [5.74, 6) is 3.06. The van der Waals surface area contributed by atoms with Crippen LogP contribution in [0.25, 0.3) is 10.9 Å². The molecule has 1 fully saturated rings. The molecule has 1 aliphatic rings. The van der Waals surface area contributed by atoms with Crippen molar-refractivity contribution < 1.29 is 28.1 Å². The predicted molar refractivity (Wildman–Crippen MR) is 142 cm³/mol. The van der Waals surface area contributed by atoms with Crippen LogP contribution in [0.15, 0.2) is 42.7 Å². The summed E-state index contributed by atoms with van der Waals surface area (Å²) in [5.41, 5.74) is 2.47. The summed E-state index contributed by atoms with van der Waals surface area (Å²) in [6.45, 7) is 2.96. The number of nitrogens with one attached hydrogen (secondary N) is 2. The number of carbonyl (C=O) groups excluding carboxylic acids is 1. The third kappa shape index (κ3) is 6.85. The molecule has 0 saturated carbocycles. The van der Waals surface area contributed by atoms with Gasteiger partial charge in [0.25, 0.3) is 0 Å². The van der Waals surface area contributed by atoms with Crippen LogP contribution in [0, 0.1) is 12.3 Å². The molecule has 3 aromatic rings. The summed E-state index contributed by atoms with van der Waals surface area (Å²) >= 11 is 0. The molecule has 0 spiro atoms. The van der Waals surface area contributed by atoms with E-state index in [4.69, 9.17) is 25.2 Å². The second-order valence-electron chi connectivity index (χ2n) is 8.40. The number of carbonyl (C=O) groups is 1. The first-order valence-electron chi connectivity index (χ1n) is 11.8. The van der Waals surface area contributed by atoms with Gasteiger partial charge in [0.1, 0.15) is 36.5 Å². The van der Waals surface area contributed by atoms with Gasteiger partial charge < -0.3 is 29.4 Å². The summed E-state index contributed by atoms with van der Waals surface area (Å²) < 4.78 is 35.0. The predicted octanol–water partition coefficient (Wildman–Crippen LogP) is 4.38. The molecule has 2 aromatic carbocycles. The molecule has 0 aliphatic carbocycles. The topological polar surface area (TPSA) is 121 Å². The summed E-state index contributed by atoms with van der Waals surface area (Å²) in [5, 5.41) is 6.74. The van der Waals surface area contributed by atoms with E-state index in [9.17, 15) is 9.36 Å². The minimum Gasteiger partial charge on any atom is -0.486 e. The van der Waals surface area contributed by atoms with Gasteiger partial charge in [-0.25, -0.2) is 9.97 Å². The van der Waals surface area contributed by atoms with Crippen LogP contribution in [0.1, 0.15) is 18.9 Å². The van der Waals surface area contributed by atoms with Gasteiger partial charge in [-0.2, -0.15) is 0 Å². The highest BCUT2D eigenvalue weighted by Crippen LogP contribution is 2.46. The Morgan fingerprint density at radius 2 is 2.16 bits per heavy atom. The zero-order valence-electron chi connectivity index (χ0n) is 20.7. The Morgan fingerprint density at radius 1 is 1.30 bits per heavy atom. The lowest BCUT2D eigenvalue weighted by Gasteiger charge is -2.20. The van der Waals surface area contributed by atoms with Gasteiger partial charge in [0.2, 0.25) is 13.3 Å². The number of benzene rings is 2. The molecule has 1 amide bonds. The van der Waals surface area contributed by atoms with Gasteiger partial charge in [0.05, 0.1) is 31.0 Å². The molecule has 4 rings (SSSR count). The van der Waals surface area contributed by atoms with Crippen molar-refractivity contribution in [3.8, 4) is 18.1 Å². The smallest absolute Gasteiger partial charge is 0.237 e. The lowest BCUT2D eigenvalue weighted by molar-refractivity contribution is -0.114. The van der Waals surface area contributed by atoms with Crippen LogP contribution in [-0.4, -0.2) is 61.4 Å². The average Bonchev–Trinajstić information content (AvgIpc) is 3.38. The van der Waals surface area contributed by atoms with Gasteiger partial charge in [-0.3, -0.25) is 9.36 Å². The standard InChI is InChI=1S/C26H29N4O6P/c1-4-18-7-6-8-19(11-18)29-26-21-12-23(30-25(31)15-37(32,17-33-3)35-5-2)24(13-22(21)27-16-28-26)36-20-9-10-34-14-20/h1,6-8,11-13,16,20H,5,9-10,14-15,17H2,2-3H3,(H,30,31)(H,27,28,29). The fourth-order valence-electron chi connectivity index (χ4n) is 3.96. The number of rotatable bonds is 11. The van der Waals surface area contributed by atoms with Crippen molar-refractivity contribution in [1.82, 2.24) is 9.97 Å². The lowest BCUT2D eigenvalue weighted by atomic mass is 10.1. The van der Waals surface area contributed by atoms with Crippen molar-refractivity contribution >= 4 is 41.4 Å². The van der Waals surface area contributed by atoms with E-state index in [1.165, 1.54) is 13.4 Å². The first kappa shape index (κ1) is 26.6. The molecule has 1 aromatic heterocycles. The summed E-state index contributed by atoms with van der Waals surface area (Å²) in [6, 6.07) is 10.8. The number of fused-ring (bicyclic) bond motifs is 1. The number of ether oxygens (including phenoxy) is 3. The van der Waals surface area contributed by atoms with E-state index >= 15 is 0 Å². The maximum atomic E-state index is 13.0. The van der Waals surface area contributed by atoms with E-state index in [0.29, 0.717) is 41.4 Å². The summed E-state index contributed by atoms with van der Waals surface area (Å²) in [6.07, 6.45) is 7.03.